The third kappa shape index (κ3) is 2.23. The van der Waals surface area contributed by atoms with Crippen LogP contribution in [0.4, 0.5) is 5.82 Å². The molecule has 8 heteroatoms. The zero-order valence-corrected chi connectivity index (χ0v) is 11.1. The number of nitrogens with two attached hydrogens (primary N) is 1. The van der Waals surface area contributed by atoms with Crippen molar-refractivity contribution in [1.82, 2.24) is 9.55 Å². The molecule has 0 bridgehead atoms. The Morgan fingerprint density at radius 3 is 2.84 bits per heavy atom. The van der Waals surface area contributed by atoms with Crippen LogP contribution >= 0.6 is 11.6 Å². The van der Waals surface area contributed by atoms with Crippen molar-refractivity contribution in [1.29, 1.82) is 0 Å². The number of halogens is 1. The summed E-state index contributed by atoms with van der Waals surface area (Å²) in [6.45, 7) is 1.37. The van der Waals surface area contributed by atoms with Crippen molar-refractivity contribution in [3.05, 3.63) is 22.7 Å². The Morgan fingerprint density at radius 2 is 2.37 bits per heavy atom. The van der Waals surface area contributed by atoms with Crippen LogP contribution in [0.5, 0.6) is 0 Å². The van der Waals surface area contributed by atoms with Crippen LogP contribution < -0.4 is 11.4 Å². The molecule has 7 nitrogen and oxygen atoms in total. The highest BCUT2D eigenvalue weighted by atomic mass is 35.5. The maximum absolute atomic E-state index is 11.8. The van der Waals surface area contributed by atoms with E-state index in [-0.39, 0.29) is 12.4 Å². The van der Waals surface area contributed by atoms with E-state index in [2.05, 4.69) is 4.98 Å². The molecule has 1 aliphatic rings. The average molecular weight is 290 g/mol. The lowest BCUT2D eigenvalue weighted by Crippen LogP contribution is -2.44. The van der Waals surface area contributed by atoms with Crippen LogP contribution in [0.15, 0.2) is 17.1 Å². The molecular formula is C11H16ClN3O4. The van der Waals surface area contributed by atoms with Gasteiger partial charge in [-0.25, -0.2) is 4.79 Å². The van der Waals surface area contributed by atoms with Crippen molar-refractivity contribution in [2.24, 2.45) is 0 Å². The van der Waals surface area contributed by atoms with Gasteiger partial charge in [-0.15, -0.1) is 11.6 Å². The van der Waals surface area contributed by atoms with Gasteiger partial charge in [0.25, 0.3) is 0 Å². The fraction of sp³-hybridized carbons (Fsp3) is 0.636. The molecule has 0 aromatic carbocycles. The number of ether oxygens (including phenoxy) is 1. The van der Waals surface area contributed by atoms with Crippen molar-refractivity contribution < 1.29 is 14.9 Å². The molecule has 1 fully saturated rings. The topological polar surface area (TPSA) is 111 Å². The lowest BCUT2D eigenvalue weighted by molar-refractivity contribution is -0.130. The second-order valence-corrected chi connectivity index (χ2v) is 5.02. The minimum Gasteiger partial charge on any atom is -0.393 e. The van der Waals surface area contributed by atoms with E-state index < -0.39 is 29.0 Å². The molecule has 0 spiro atoms. The standard InChI is InChI=1S/C11H16ClN3O4/c1-2-11(5-16)8(17)7(12)9(19-11)15-4-3-6(13)14-10(15)18/h3-4,7-9,16-17H,2,5H2,1H3,(H2,13,14,18)/t7-,8+,9?,11-/m1/s1. The van der Waals surface area contributed by atoms with Gasteiger partial charge < -0.3 is 20.7 Å². The van der Waals surface area contributed by atoms with Gasteiger partial charge in [-0.3, -0.25) is 4.57 Å². The Balaban J connectivity index is 2.39. The summed E-state index contributed by atoms with van der Waals surface area (Å²) in [7, 11) is 0. The summed E-state index contributed by atoms with van der Waals surface area (Å²) in [5.41, 5.74) is 3.62. The van der Waals surface area contributed by atoms with Gasteiger partial charge >= 0.3 is 5.69 Å². The quantitative estimate of drug-likeness (QED) is 0.645. The number of nitrogens with zero attached hydrogens (tertiary/aromatic N) is 2. The number of aromatic nitrogens is 2. The number of alkyl halides is 1. The van der Waals surface area contributed by atoms with E-state index in [1.807, 2.05) is 0 Å². The molecule has 4 N–H and O–H groups in total. The highest BCUT2D eigenvalue weighted by Gasteiger charge is 2.53. The third-order valence-electron chi connectivity index (χ3n) is 3.46. The molecule has 0 amide bonds. The fourth-order valence-corrected chi connectivity index (χ4v) is 2.59. The molecule has 0 aliphatic carbocycles. The van der Waals surface area contributed by atoms with Gasteiger partial charge in [0.1, 0.15) is 22.9 Å². The molecule has 4 atom stereocenters. The summed E-state index contributed by atoms with van der Waals surface area (Å²) in [6.07, 6.45) is -0.217. The van der Waals surface area contributed by atoms with E-state index >= 15 is 0 Å². The number of anilines is 1. The lowest BCUT2D eigenvalue weighted by Gasteiger charge is -2.28. The number of hydrogen-bond acceptors (Lipinski definition) is 6. The van der Waals surface area contributed by atoms with Crippen molar-refractivity contribution in [3.63, 3.8) is 0 Å². The van der Waals surface area contributed by atoms with Gasteiger partial charge in [0, 0.05) is 6.20 Å². The van der Waals surface area contributed by atoms with Crippen LogP contribution in [0.1, 0.15) is 19.6 Å². The van der Waals surface area contributed by atoms with Gasteiger partial charge in [-0.05, 0) is 12.5 Å². The first-order valence-electron chi connectivity index (χ1n) is 5.90. The smallest absolute Gasteiger partial charge is 0.351 e. The largest absolute Gasteiger partial charge is 0.393 e. The monoisotopic (exact) mass is 289 g/mol. The molecule has 1 aromatic rings. The van der Waals surface area contributed by atoms with Crippen molar-refractivity contribution in [2.45, 2.75) is 36.7 Å². The normalized spacial score (nSPS) is 34.6. The Kier molecular flexibility index (Phi) is 3.82. The summed E-state index contributed by atoms with van der Waals surface area (Å²) in [5.74, 6) is 0.0924. The van der Waals surface area contributed by atoms with Crippen LogP contribution in [0, 0.1) is 0 Å². The first kappa shape index (κ1) is 14.3. The first-order valence-corrected chi connectivity index (χ1v) is 6.34. The molecule has 1 aromatic heterocycles. The van der Waals surface area contributed by atoms with Crippen LogP contribution in [-0.2, 0) is 4.74 Å². The zero-order chi connectivity index (χ0) is 14.2. The second kappa shape index (κ2) is 5.09. The molecule has 0 saturated carbocycles. The fourth-order valence-electron chi connectivity index (χ4n) is 2.19. The van der Waals surface area contributed by atoms with E-state index in [4.69, 9.17) is 22.1 Å². The van der Waals surface area contributed by atoms with Gasteiger partial charge in [-0.1, -0.05) is 6.92 Å². The minimum atomic E-state index is -1.17. The summed E-state index contributed by atoms with van der Waals surface area (Å²) < 4.78 is 6.79. The third-order valence-corrected chi connectivity index (χ3v) is 3.91. The molecule has 1 unspecified atom stereocenters. The van der Waals surface area contributed by atoms with E-state index in [1.165, 1.54) is 12.3 Å². The van der Waals surface area contributed by atoms with Crippen molar-refractivity contribution >= 4 is 17.4 Å². The minimum absolute atomic E-state index is 0.0924. The maximum atomic E-state index is 11.8. The van der Waals surface area contributed by atoms with E-state index in [9.17, 15) is 15.0 Å². The number of nitrogen functional groups attached to an aromatic ring is 1. The average Bonchev–Trinajstić information content (AvgIpc) is 2.64. The van der Waals surface area contributed by atoms with Crippen molar-refractivity contribution in [2.75, 3.05) is 12.3 Å². The number of rotatable bonds is 3. The Morgan fingerprint density at radius 1 is 1.68 bits per heavy atom. The van der Waals surface area contributed by atoms with Crippen LogP contribution in [-0.4, -0.2) is 43.5 Å². The highest BCUT2D eigenvalue weighted by molar-refractivity contribution is 6.21. The van der Waals surface area contributed by atoms with Gasteiger partial charge in [0.15, 0.2) is 6.23 Å². The summed E-state index contributed by atoms with van der Waals surface area (Å²) in [4.78, 5) is 15.3. The molecule has 1 saturated heterocycles. The predicted octanol–water partition coefficient (Wildman–Crippen LogP) is -0.536. The maximum Gasteiger partial charge on any atom is 0.351 e. The molecule has 106 valence electrons. The highest BCUT2D eigenvalue weighted by Crippen LogP contribution is 2.41. The lowest BCUT2D eigenvalue weighted by atomic mass is 9.94. The van der Waals surface area contributed by atoms with E-state index in [0.29, 0.717) is 6.42 Å². The van der Waals surface area contributed by atoms with Gasteiger partial charge in [0.2, 0.25) is 0 Å². The number of aliphatic hydroxyl groups is 2. The summed E-state index contributed by atoms with van der Waals surface area (Å²) in [5, 5.41) is 18.7. The SMILES string of the molecule is CC[C@]1(CO)OC(n2ccc(N)nc2=O)[C@H](Cl)[C@@H]1O. The van der Waals surface area contributed by atoms with Crippen molar-refractivity contribution in [3.8, 4) is 0 Å². The summed E-state index contributed by atoms with van der Waals surface area (Å²) >= 11 is 6.11. The molecule has 2 heterocycles. The first-order chi connectivity index (χ1) is 8.95. The Bertz CT molecular complexity index is 517. The Labute approximate surface area is 114 Å². The van der Waals surface area contributed by atoms with E-state index in [1.54, 1.807) is 6.92 Å². The number of hydrogen-bond donors (Lipinski definition) is 3. The molecule has 19 heavy (non-hydrogen) atoms. The van der Waals surface area contributed by atoms with Crippen LogP contribution in [0.3, 0.4) is 0 Å². The molecule has 1 aliphatic heterocycles. The van der Waals surface area contributed by atoms with Gasteiger partial charge in [0.05, 0.1) is 6.61 Å². The predicted molar refractivity (Wildman–Crippen MR) is 68.8 cm³/mol. The summed E-state index contributed by atoms with van der Waals surface area (Å²) in [6, 6.07) is 1.44. The Hall–Kier alpha value is -1.15. The zero-order valence-electron chi connectivity index (χ0n) is 10.4. The second-order valence-electron chi connectivity index (χ2n) is 4.52. The molecule has 2 rings (SSSR count). The van der Waals surface area contributed by atoms with E-state index in [0.717, 1.165) is 4.57 Å². The van der Waals surface area contributed by atoms with Crippen LogP contribution in [0.25, 0.3) is 0 Å². The van der Waals surface area contributed by atoms with Gasteiger partial charge in [-0.2, -0.15) is 4.98 Å². The molecule has 0 radical (unpaired) electrons. The number of aliphatic hydroxyl groups excluding tert-OH is 2. The van der Waals surface area contributed by atoms with Crippen LogP contribution in [0.2, 0.25) is 0 Å². The molecular weight excluding hydrogens is 274 g/mol.